The third kappa shape index (κ3) is 3.86. The van der Waals surface area contributed by atoms with Gasteiger partial charge in [-0.25, -0.2) is 9.97 Å². The van der Waals surface area contributed by atoms with Crippen LogP contribution in [-0.4, -0.2) is 35.5 Å². The van der Waals surface area contributed by atoms with E-state index >= 15 is 0 Å². The fourth-order valence-electron chi connectivity index (χ4n) is 2.50. The molecule has 0 radical (unpaired) electrons. The van der Waals surface area contributed by atoms with Crippen molar-refractivity contribution in [2.45, 2.75) is 27.7 Å². The van der Waals surface area contributed by atoms with Crippen LogP contribution < -0.4 is 9.80 Å². The van der Waals surface area contributed by atoms with Gasteiger partial charge in [-0.2, -0.15) is 0 Å². The zero-order valence-corrected chi connectivity index (χ0v) is 14.3. The van der Waals surface area contributed by atoms with Crippen LogP contribution >= 0.6 is 0 Å². The molecule has 0 fully saturated rings. The molecule has 0 saturated carbocycles. The van der Waals surface area contributed by atoms with E-state index in [1.54, 1.807) is 11.0 Å². The van der Waals surface area contributed by atoms with Crippen molar-refractivity contribution in [2.24, 2.45) is 0 Å². The number of aromatic nitrogens is 2. The van der Waals surface area contributed by atoms with Gasteiger partial charge in [0.05, 0.1) is 0 Å². The van der Waals surface area contributed by atoms with Gasteiger partial charge in [0.2, 0.25) is 5.95 Å². The zero-order chi connectivity index (χ0) is 16.8. The lowest BCUT2D eigenvalue weighted by molar-refractivity contribution is 0.0983. The molecule has 2 aromatic rings. The van der Waals surface area contributed by atoms with Crippen LogP contribution in [0.4, 0.5) is 11.6 Å². The van der Waals surface area contributed by atoms with E-state index in [1.165, 1.54) is 0 Å². The molecule has 122 valence electrons. The molecule has 1 aromatic carbocycles. The molecule has 1 aromatic heterocycles. The van der Waals surface area contributed by atoms with Gasteiger partial charge < -0.3 is 9.80 Å². The summed E-state index contributed by atoms with van der Waals surface area (Å²) in [6, 6.07) is 11.4. The Morgan fingerprint density at radius 1 is 1.00 bits per heavy atom. The first-order valence-corrected chi connectivity index (χ1v) is 8.08. The molecule has 5 nitrogen and oxygen atoms in total. The highest BCUT2D eigenvalue weighted by molar-refractivity contribution is 6.04. The van der Waals surface area contributed by atoms with Crippen molar-refractivity contribution >= 4 is 17.5 Å². The Morgan fingerprint density at radius 2 is 1.65 bits per heavy atom. The van der Waals surface area contributed by atoms with E-state index in [4.69, 9.17) is 0 Å². The first kappa shape index (κ1) is 16.9. The molecule has 0 aliphatic rings. The molecule has 0 bridgehead atoms. The molecule has 2 rings (SSSR count). The predicted octanol–water partition coefficient (Wildman–Crippen LogP) is 3.30. The summed E-state index contributed by atoms with van der Waals surface area (Å²) in [7, 11) is 0. The molecule has 0 aliphatic carbocycles. The molecule has 1 amide bonds. The maximum atomic E-state index is 12.9. The van der Waals surface area contributed by atoms with Gasteiger partial charge in [-0.3, -0.25) is 4.79 Å². The molecule has 0 spiro atoms. The van der Waals surface area contributed by atoms with Gasteiger partial charge in [-0.05, 0) is 45.9 Å². The molecule has 1 heterocycles. The number of anilines is 2. The van der Waals surface area contributed by atoms with Crippen LogP contribution in [0.1, 0.15) is 37.0 Å². The maximum absolute atomic E-state index is 12.9. The summed E-state index contributed by atoms with van der Waals surface area (Å²) in [5.74, 6) is 0.514. The molecule has 0 N–H and O–H groups in total. The van der Waals surface area contributed by atoms with E-state index in [-0.39, 0.29) is 5.91 Å². The number of hydrogen-bond donors (Lipinski definition) is 0. The molecule has 0 saturated heterocycles. The summed E-state index contributed by atoms with van der Waals surface area (Å²) in [5, 5.41) is 0. The number of para-hydroxylation sites is 1. The maximum Gasteiger partial charge on any atom is 0.277 e. The normalized spacial score (nSPS) is 10.4. The van der Waals surface area contributed by atoms with E-state index in [1.807, 2.05) is 49.1 Å². The topological polar surface area (TPSA) is 49.3 Å². The summed E-state index contributed by atoms with van der Waals surface area (Å²) in [6.45, 7) is 10.2. The van der Waals surface area contributed by atoms with E-state index in [0.29, 0.717) is 18.2 Å². The SMILES string of the molecule is CCN(CC)c1nc(C)cc(C(=O)N(CC)c2ccccc2)n1. The average molecular weight is 312 g/mol. The Labute approximate surface area is 138 Å². The summed E-state index contributed by atoms with van der Waals surface area (Å²) >= 11 is 0. The third-order valence-electron chi connectivity index (χ3n) is 3.74. The first-order valence-electron chi connectivity index (χ1n) is 8.08. The monoisotopic (exact) mass is 312 g/mol. The summed E-state index contributed by atoms with van der Waals surface area (Å²) in [4.78, 5) is 25.6. The highest BCUT2D eigenvalue weighted by atomic mass is 16.2. The minimum Gasteiger partial charge on any atom is -0.341 e. The van der Waals surface area contributed by atoms with Crippen molar-refractivity contribution in [3.05, 3.63) is 47.8 Å². The standard InChI is InChI=1S/C18H24N4O/c1-5-21(6-2)18-19-14(4)13-16(20-18)17(23)22(7-3)15-11-9-8-10-12-15/h8-13H,5-7H2,1-4H3. The summed E-state index contributed by atoms with van der Waals surface area (Å²) < 4.78 is 0. The van der Waals surface area contributed by atoms with Gasteiger partial charge in [-0.1, -0.05) is 18.2 Å². The highest BCUT2D eigenvalue weighted by Crippen LogP contribution is 2.17. The summed E-state index contributed by atoms with van der Waals surface area (Å²) in [5.41, 5.74) is 2.11. The van der Waals surface area contributed by atoms with Crippen LogP contribution in [0.3, 0.4) is 0 Å². The minimum atomic E-state index is -0.0994. The second kappa shape index (κ2) is 7.72. The molecule has 23 heavy (non-hydrogen) atoms. The van der Waals surface area contributed by atoms with Gasteiger partial charge in [-0.15, -0.1) is 0 Å². The lowest BCUT2D eigenvalue weighted by Crippen LogP contribution is -2.32. The molecular formula is C18H24N4O. The fraction of sp³-hybridized carbons (Fsp3) is 0.389. The minimum absolute atomic E-state index is 0.0994. The molecular weight excluding hydrogens is 288 g/mol. The van der Waals surface area contributed by atoms with Crippen molar-refractivity contribution in [3.8, 4) is 0 Å². The fourth-order valence-corrected chi connectivity index (χ4v) is 2.50. The number of carbonyl (C=O) groups excluding carboxylic acids is 1. The lowest BCUT2D eigenvalue weighted by atomic mass is 10.2. The second-order valence-corrected chi connectivity index (χ2v) is 5.25. The number of amides is 1. The van der Waals surface area contributed by atoms with Gasteiger partial charge >= 0.3 is 0 Å². The number of benzene rings is 1. The number of rotatable bonds is 6. The van der Waals surface area contributed by atoms with E-state index < -0.39 is 0 Å². The Balaban J connectivity index is 2.38. The Hall–Kier alpha value is -2.43. The molecule has 5 heteroatoms. The van der Waals surface area contributed by atoms with Gasteiger partial charge in [0.15, 0.2) is 0 Å². The van der Waals surface area contributed by atoms with Crippen LogP contribution in [-0.2, 0) is 0 Å². The largest absolute Gasteiger partial charge is 0.341 e. The highest BCUT2D eigenvalue weighted by Gasteiger charge is 2.19. The summed E-state index contributed by atoms with van der Waals surface area (Å²) in [6.07, 6.45) is 0. The van der Waals surface area contributed by atoms with E-state index in [0.717, 1.165) is 24.5 Å². The number of nitrogens with zero attached hydrogens (tertiary/aromatic N) is 4. The van der Waals surface area contributed by atoms with E-state index in [9.17, 15) is 4.79 Å². The van der Waals surface area contributed by atoms with Crippen LogP contribution in [0.25, 0.3) is 0 Å². The molecule has 0 atom stereocenters. The van der Waals surface area contributed by atoms with Gasteiger partial charge in [0, 0.05) is 31.0 Å². The van der Waals surface area contributed by atoms with Gasteiger partial charge in [0.1, 0.15) is 5.69 Å². The number of aryl methyl sites for hydroxylation is 1. The zero-order valence-electron chi connectivity index (χ0n) is 14.3. The van der Waals surface area contributed by atoms with Crippen LogP contribution in [0.15, 0.2) is 36.4 Å². The van der Waals surface area contributed by atoms with Crippen molar-refractivity contribution in [1.29, 1.82) is 0 Å². The van der Waals surface area contributed by atoms with Crippen molar-refractivity contribution in [1.82, 2.24) is 9.97 Å². The Bertz CT molecular complexity index is 653. The Kier molecular flexibility index (Phi) is 5.68. The van der Waals surface area contributed by atoms with Crippen LogP contribution in [0, 0.1) is 6.92 Å². The van der Waals surface area contributed by atoms with Crippen molar-refractivity contribution in [3.63, 3.8) is 0 Å². The van der Waals surface area contributed by atoms with Crippen LogP contribution in [0.5, 0.6) is 0 Å². The van der Waals surface area contributed by atoms with Crippen molar-refractivity contribution < 1.29 is 4.79 Å². The van der Waals surface area contributed by atoms with Crippen LogP contribution in [0.2, 0.25) is 0 Å². The molecule has 0 aliphatic heterocycles. The smallest absolute Gasteiger partial charge is 0.277 e. The average Bonchev–Trinajstić information content (AvgIpc) is 2.57. The predicted molar refractivity (Wildman–Crippen MR) is 94.1 cm³/mol. The Morgan fingerprint density at radius 3 is 2.22 bits per heavy atom. The van der Waals surface area contributed by atoms with E-state index in [2.05, 4.69) is 23.8 Å². The third-order valence-corrected chi connectivity index (χ3v) is 3.74. The van der Waals surface area contributed by atoms with Crippen molar-refractivity contribution in [2.75, 3.05) is 29.4 Å². The molecule has 0 unspecified atom stereocenters. The number of hydrogen-bond acceptors (Lipinski definition) is 4. The second-order valence-electron chi connectivity index (χ2n) is 5.25. The first-order chi connectivity index (χ1) is 11.1. The number of carbonyl (C=O) groups is 1. The quantitative estimate of drug-likeness (QED) is 0.821. The lowest BCUT2D eigenvalue weighted by Gasteiger charge is -2.23. The van der Waals surface area contributed by atoms with Gasteiger partial charge in [0.25, 0.3) is 5.91 Å².